The highest BCUT2D eigenvalue weighted by Gasteiger charge is 2.15. The normalized spacial score (nSPS) is 10.8. The summed E-state index contributed by atoms with van der Waals surface area (Å²) in [5.74, 6) is 0.206. The van der Waals surface area contributed by atoms with Crippen LogP contribution < -0.4 is 0 Å². The Labute approximate surface area is 95.3 Å². The van der Waals surface area contributed by atoms with Crippen molar-refractivity contribution in [3.63, 3.8) is 0 Å². The van der Waals surface area contributed by atoms with Gasteiger partial charge in [0.05, 0.1) is 11.5 Å². The lowest BCUT2D eigenvalue weighted by molar-refractivity contribution is 0.411. The lowest BCUT2D eigenvalue weighted by Crippen LogP contribution is -2.08. The molecule has 5 heteroatoms. The van der Waals surface area contributed by atoms with Crippen LogP contribution in [0, 0.1) is 28.1 Å². The van der Waals surface area contributed by atoms with Crippen LogP contribution >= 0.6 is 0 Å². The van der Waals surface area contributed by atoms with E-state index in [1.54, 1.807) is 11.0 Å². The molecule has 84 valence electrons. The van der Waals surface area contributed by atoms with Gasteiger partial charge in [-0.15, -0.1) is 5.10 Å². The minimum absolute atomic E-state index is 0.206. The van der Waals surface area contributed by atoms with E-state index in [1.165, 1.54) is 0 Å². The molecular formula is C11H15N5. The van der Waals surface area contributed by atoms with Gasteiger partial charge in [0.1, 0.15) is 12.4 Å². The minimum atomic E-state index is -0.250. The van der Waals surface area contributed by atoms with E-state index in [0.29, 0.717) is 0 Å². The van der Waals surface area contributed by atoms with Crippen LogP contribution in [0.4, 0.5) is 0 Å². The molecule has 1 heterocycles. The summed E-state index contributed by atoms with van der Waals surface area (Å²) in [7, 11) is 0. The van der Waals surface area contributed by atoms with E-state index in [0.717, 1.165) is 25.8 Å². The maximum atomic E-state index is 8.83. The Kier molecular flexibility index (Phi) is 4.02. The van der Waals surface area contributed by atoms with Crippen LogP contribution in [0.2, 0.25) is 0 Å². The molecule has 0 N–H and O–H groups in total. The largest absolute Gasteiger partial charge is 0.252 e. The second kappa shape index (κ2) is 5.27. The first-order valence-electron chi connectivity index (χ1n) is 5.28. The van der Waals surface area contributed by atoms with Crippen molar-refractivity contribution >= 4 is 0 Å². The zero-order chi connectivity index (χ0) is 12.0. The van der Waals surface area contributed by atoms with Crippen LogP contribution in [-0.4, -0.2) is 14.8 Å². The number of unbranched alkanes of at least 4 members (excludes halogenated alkanes) is 1. The number of nitriles is 2. The third kappa shape index (κ3) is 3.70. The Hall–Kier alpha value is -1.88. The Morgan fingerprint density at radius 2 is 2.12 bits per heavy atom. The molecule has 1 rings (SSSR count). The topological polar surface area (TPSA) is 78.3 Å². The molecule has 0 bridgehead atoms. The van der Waals surface area contributed by atoms with Crippen LogP contribution in [0.15, 0.2) is 6.33 Å². The van der Waals surface area contributed by atoms with Gasteiger partial charge in [-0.25, -0.2) is 4.98 Å². The van der Waals surface area contributed by atoms with E-state index in [1.807, 2.05) is 19.9 Å². The molecule has 0 radical (unpaired) electrons. The highest BCUT2D eigenvalue weighted by molar-refractivity contribution is 5.05. The monoisotopic (exact) mass is 217 g/mol. The SMILES string of the molecule is CC(C)(C#N)CCCCn1cnc(C#N)n1. The van der Waals surface area contributed by atoms with E-state index >= 15 is 0 Å². The van der Waals surface area contributed by atoms with Crippen LogP contribution in [0.1, 0.15) is 38.9 Å². The van der Waals surface area contributed by atoms with E-state index in [9.17, 15) is 0 Å². The van der Waals surface area contributed by atoms with Gasteiger partial charge in [0.2, 0.25) is 0 Å². The molecule has 0 atom stereocenters. The Morgan fingerprint density at radius 1 is 1.38 bits per heavy atom. The minimum Gasteiger partial charge on any atom is -0.252 e. The van der Waals surface area contributed by atoms with Crippen molar-refractivity contribution in [1.82, 2.24) is 14.8 Å². The second-order valence-corrected chi connectivity index (χ2v) is 4.40. The predicted molar refractivity (Wildman–Crippen MR) is 58.0 cm³/mol. The van der Waals surface area contributed by atoms with Crippen LogP contribution in [0.5, 0.6) is 0 Å². The molecule has 0 aromatic carbocycles. The Bertz CT molecular complexity index is 418. The summed E-state index contributed by atoms with van der Waals surface area (Å²) in [6, 6.07) is 4.16. The first-order chi connectivity index (χ1) is 7.57. The van der Waals surface area contributed by atoms with Crippen molar-refractivity contribution < 1.29 is 0 Å². The Morgan fingerprint density at radius 3 is 2.69 bits per heavy atom. The lowest BCUT2D eigenvalue weighted by Gasteiger charge is -2.13. The molecule has 0 unspecified atom stereocenters. The first-order valence-corrected chi connectivity index (χ1v) is 5.28. The molecule has 0 saturated heterocycles. The maximum Gasteiger partial charge on any atom is 0.252 e. The van der Waals surface area contributed by atoms with E-state index in [4.69, 9.17) is 10.5 Å². The highest BCUT2D eigenvalue weighted by atomic mass is 15.3. The van der Waals surface area contributed by atoms with Gasteiger partial charge < -0.3 is 0 Å². The molecular weight excluding hydrogens is 202 g/mol. The summed E-state index contributed by atoms with van der Waals surface area (Å²) in [5.41, 5.74) is -0.250. The van der Waals surface area contributed by atoms with Gasteiger partial charge in [-0.05, 0) is 26.7 Å². The van der Waals surface area contributed by atoms with Crippen molar-refractivity contribution in [1.29, 1.82) is 10.5 Å². The van der Waals surface area contributed by atoms with Gasteiger partial charge in [-0.2, -0.15) is 10.5 Å². The van der Waals surface area contributed by atoms with Crippen molar-refractivity contribution in [3.05, 3.63) is 12.2 Å². The van der Waals surface area contributed by atoms with Crippen LogP contribution in [0.25, 0.3) is 0 Å². The molecule has 0 aliphatic rings. The number of aryl methyl sites for hydroxylation is 1. The zero-order valence-corrected chi connectivity index (χ0v) is 9.64. The van der Waals surface area contributed by atoms with Gasteiger partial charge in [0.25, 0.3) is 5.82 Å². The number of rotatable bonds is 5. The van der Waals surface area contributed by atoms with E-state index in [-0.39, 0.29) is 11.2 Å². The third-order valence-electron chi connectivity index (χ3n) is 2.38. The van der Waals surface area contributed by atoms with Crippen molar-refractivity contribution in [2.45, 2.75) is 39.7 Å². The summed E-state index contributed by atoms with van der Waals surface area (Å²) in [6.07, 6.45) is 4.36. The standard InChI is InChI=1S/C11H15N5/c1-11(2,8-13)5-3-4-6-16-9-14-10(7-12)15-16/h9H,3-6H2,1-2H3. The number of hydrogen-bond donors (Lipinski definition) is 0. The molecule has 1 aromatic heterocycles. The van der Waals surface area contributed by atoms with E-state index < -0.39 is 0 Å². The summed E-state index contributed by atoms with van der Waals surface area (Å²) in [4.78, 5) is 3.82. The smallest absolute Gasteiger partial charge is 0.252 e. The van der Waals surface area contributed by atoms with E-state index in [2.05, 4.69) is 16.2 Å². The average Bonchev–Trinajstić information content (AvgIpc) is 2.72. The summed E-state index contributed by atoms with van der Waals surface area (Å²) in [6.45, 7) is 4.63. The first kappa shape index (κ1) is 12.2. The number of aromatic nitrogens is 3. The van der Waals surface area contributed by atoms with Gasteiger partial charge in [-0.1, -0.05) is 6.42 Å². The fourth-order valence-corrected chi connectivity index (χ4v) is 1.35. The fraction of sp³-hybridized carbons (Fsp3) is 0.636. The number of hydrogen-bond acceptors (Lipinski definition) is 4. The fourth-order valence-electron chi connectivity index (χ4n) is 1.35. The quantitative estimate of drug-likeness (QED) is 0.705. The molecule has 1 aromatic rings. The zero-order valence-electron chi connectivity index (χ0n) is 9.64. The lowest BCUT2D eigenvalue weighted by atomic mass is 9.89. The van der Waals surface area contributed by atoms with Crippen LogP contribution in [0.3, 0.4) is 0 Å². The molecule has 0 amide bonds. The summed E-state index contributed by atoms with van der Waals surface area (Å²) in [5, 5.41) is 21.3. The second-order valence-electron chi connectivity index (χ2n) is 4.40. The predicted octanol–water partition coefficient (Wildman–Crippen LogP) is 1.87. The Balaban J connectivity index is 2.27. The molecule has 16 heavy (non-hydrogen) atoms. The molecule has 0 fully saturated rings. The third-order valence-corrected chi connectivity index (χ3v) is 2.38. The number of nitrogens with zero attached hydrogens (tertiary/aromatic N) is 5. The van der Waals surface area contributed by atoms with Crippen molar-refractivity contribution in [3.8, 4) is 12.1 Å². The van der Waals surface area contributed by atoms with Gasteiger partial charge in [0, 0.05) is 6.54 Å². The average molecular weight is 217 g/mol. The van der Waals surface area contributed by atoms with Crippen LogP contribution in [-0.2, 0) is 6.54 Å². The maximum absolute atomic E-state index is 8.83. The molecule has 0 aliphatic heterocycles. The molecule has 0 saturated carbocycles. The molecule has 0 spiro atoms. The highest BCUT2D eigenvalue weighted by Crippen LogP contribution is 2.21. The summed E-state index contributed by atoms with van der Waals surface area (Å²) >= 11 is 0. The molecule has 5 nitrogen and oxygen atoms in total. The van der Waals surface area contributed by atoms with Gasteiger partial charge in [-0.3, -0.25) is 4.68 Å². The van der Waals surface area contributed by atoms with Crippen molar-refractivity contribution in [2.75, 3.05) is 0 Å². The van der Waals surface area contributed by atoms with Gasteiger partial charge in [0.15, 0.2) is 0 Å². The van der Waals surface area contributed by atoms with Gasteiger partial charge >= 0.3 is 0 Å². The molecule has 0 aliphatic carbocycles. The summed E-state index contributed by atoms with van der Waals surface area (Å²) < 4.78 is 1.66. The van der Waals surface area contributed by atoms with Crippen molar-refractivity contribution in [2.24, 2.45) is 5.41 Å².